The first-order valence-corrected chi connectivity index (χ1v) is 5.74. The van der Waals surface area contributed by atoms with E-state index in [0.29, 0.717) is 11.6 Å². The van der Waals surface area contributed by atoms with Crippen LogP contribution in [0.15, 0.2) is 24.3 Å². The first-order chi connectivity index (χ1) is 7.64. The second-order valence-electron chi connectivity index (χ2n) is 4.27. The van der Waals surface area contributed by atoms with Crippen LogP contribution in [0.2, 0.25) is 5.02 Å². The third-order valence-corrected chi connectivity index (χ3v) is 3.59. The average Bonchev–Trinajstić information content (AvgIpc) is 2.18. The molecular weight excluding hydrogens is 226 g/mol. The molecule has 1 saturated carbocycles. The molecule has 1 aromatic carbocycles. The highest BCUT2D eigenvalue weighted by atomic mass is 35.5. The Hall–Kier alpha value is -1.22. The Balaban J connectivity index is 2.02. The van der Waals surface area contributed by atoms with Crippen LogP contribution in [0.5, 0.6) is 0 Å². The van der Waals surface area contributed by atoms with Gasteiger partial charge >= 0.3 is 5.97 Å². The Labute approximate surface area is 99.4 Å². The second-order valence-corrected chi connectivity index (χ2v) is 4.68. The molecule has 0 atom stereocenters. The standard InChI is InChI=1S/C12H14ClNO2/c13-9-4-1-2-5-10(9)14-8-12(11(15)16)6-3-7-12/h1-2,4-5,14H,3,6-8H2,(H,15,16). The molecule has 1 aromatic rings. The minimum Gasteiger partial charge on any atom is -0.481 e. The number of carboxylic acid groups (broad SMARTS) is 1. The van der Waals surface area contributed by atoms with Crippen LogP contribution in [0.1, 0.15) is 19.3 Å². The van der Waals surface area contributed by atoms with E-state index < -0.39 is 11.4 Å². The van der Waals surface area contributed by atoms with Gasteiger partial charge in [-0.3, -0.25) is 4.79 Å². The lowest BCUT2D eigenvalue weighted by atomic mass is 9.69. The predicted octanol–water partition coefficient (Wildman–Crippen LogP) is 3.01. The predicted molar refractivity (Wildman–Crippen MR) is 63.9 cm³/mol. The summed E-state index contributed by atoms with van der Waals surface area (Å²) in [7, 11) is 0. The van der Waals surface area contributed by atoms with E-state index in [2.05, 4.69) is 5.32 Å². The van der Waals surface area contributed by atoms with Crippen LogP contribution < -0.4 is 5.32 Å². The van der Waals surface area contributed by atoms with Gasteiger partial charge in [0, 0.05) is 6.54 Å². The van der Waals surface area contributed by atoms with E-state index in [9.17, 15) is 4.79 Å². The second kappa shape index (κ2) is 4.34. The number of aliphatic carboxylic acids is 1. The van der Waals surface area contributed by atoms with Crippen molar-refractivity contribution in [2.24, 2.45) is 5.41 Å². The number of hydrogen-bond donors (Lipinski definition) is 2. The number of carbonyl (C=O) groups is 1. The van der Waals surface area contributed by atoms with Gasteiger partial charge in [-0.15, -0.1) is 0 Å². The Morgan fingerprint density at radius 2 is 2.12 bits per heavy atom. The van der Waals surface area contributed by atoms with Crippen molar-refractivity contribution in [3.63, 3.8) is 0 Å². The summed E-state index contributed by atoms with van der Waals surface area (Å²) >= 11 is 5.98. The third-order valence-electron chi connectivity index (χ3n) is 3.26. The molecule has 0 unspecified atom stereocenters. The number of para-hydroxylation sites is 1. The maximum Gasteiger partial charge on any atom is 0.311 e. The lowest BCUT2D eigenvalue weighted by Crippen LogP contribution is -2.43. The number of halogens is 1. The fourth-order valence-electron chi connectivity index (χ4n) is 1.94. The summed E-state index contributed by atoms with van der Waals surface area (Å²) in [5.41, 5.74) is 0.218. The van der Waals surface area contributed by atoms with Gasteiger partial charge < -0.3 is 10.4 Å². The lowest BCUT2D eigenvalue weighted by Gasteiger charge is -2.37. The van der Waals surface area contributed by atoms with E-state index in [1.54, 1.807) is 6.07 Å². The third kappa shape index (κ3) is 2.00. The van der Waals surface area contributed by atoms with Crippen molar-refractivity contribution in [2.75, 3.05) is 11.9 Å². The average molecular weight is 240 g/mol. The van der Waals surface area contributed by atoms with Gasteiger partial charge in [-0.2, -0.15) is 0 Å². The molecule has 16 heavy (non-hydrogen) atoms. The quantitative estimate of drug-likeness (QED) is 0.849. The van der Waals surface area contributed by atoms with Crippen LogP contribution >= 0.6 is 11.6 Å². The largest absolute Gasteiger partial charge is 0.481 e. The number of hydrogen-bond acceptors (Lipinski definition) is 2. The molecule has 3 nitrogen and oxygen atoms in total. The summed E-state index contributed by atoms with van der Waals surface area (Å²) in [6.07, 6.45) is 2.50. The van der Waals surface area contributed by atoms with Gasteiger partial charge in [-0.05, 0) is 25.0 Å². The molecule has 0 amide bonds. The van der Waals surface area contributed by atoms with E-state index >= 15 is 0 Å². The maximum absolute atomic E-state index is 11.1. The zero-order valence-corrected chi connectivity index (χ0v) is 9.63. The normalized spacial score (nSPS) is 17.6. The van der Waals surface area contributed by atoms with Crippen LogP contribution in [0.25, 0.3) is 0 Å². The van der Waals surface area contributed by atoms with Crippen molar-refractivity contribution >= 4 is 23.3 Å². The molecule has 1 aliphatic carbocycles. The molecule has 0 aliphatic heterocycles. The molecule has 2 N–H and O–H groups in total. The number of rotatable bonds is 4. The summed E-state index contributed by atoms with van der Waals surface area (Å²) in [6, 6.07) is 7.38. The summed E-state index contributed by atoms with van der Waals surface area (Å²) in [6.45, 7) is 0.450. The zero-order valence-electron chi connectivity index (χ0n) is 8.87. The lowest BCUT2D eigenvalue weighted by molar-refractivity contribution is -0.153. The molecule has 0 saturated heterocycles. The summed E-state index contributed by atoms with van der Waals surface area (Å²) < 4.78 is 0. The van der Waals surface area contributed by atoms with Crippen molar-refractivity contribution in [1.29, 1.82) is 0 Å². The van der Waals surface area contributed by atoms with E-state index in [1.165, 1.54) is 0 Å². The zero-order chi connectivity index (χ0) is 11.6. The number of carboxylic acids is 1. The molecule has 1 fully saturated rings. The van der Waals surface area contributed by atoms with Crippen LogP contribution in [0, 0.1) is 5.41 Å². The highest BCUT2D eigenvalue weighted by molar-refractivity contribution is 6.33. The van der Waals surface area contributed by atoms with Crippen molar-refractivity contribution in [2.45, 2.75) is 19.3 Å². The number of benzene rings is 1. The number of nitrogens with one attached hydrogen (secondary N) is 1. The fraction of sp³-hybridized carbons (Fsp3) is 0.417. The Morgan fingerprint density at radius 3 is 2.62 bits per heavy atom. The Bertz CT molecular complexity index is 402. The highest BCUT2D eigenvalue weighted by Crippen LogP contribution is 2.41. The molecule has 0 bridgehead atoms. The minimum atomic E-state index is -0.710. The fourth-order valence-corrected chi connectivity index (χ4v) is 2.14. The van der Waals surface area contributed by atoms with E-state index in [0.717, 1.165) is 24.9 Å². The van der Waals surface area contributed by atoms with Crippen molar-refractivity contribution < 1.29 is 9.90 Å². The van der Waals surface area contributed by atoms with Gasteiger partial charge in [0.15, 0.2) is 0 Å². The van der Waals surface area contributed by atoms with Gasteiger partial charge in [-0.1, -0.05) is 30.2 Å². The maximum atomic E-state index is 11.1. The molecule has 86 valence electrons. The van der Waals surface area contributed by atoms with Gasteiger partial charge in [0.2, 0.25) is 0 Å². The van der Waals surface area contributed by atoms with Crippen LogP contribution in [-0.4, -0.2) is 17.6 Å². The molecule has 0 radical (unpaired) electrons. The molecule has 0 spiro atoms. The Kier molecular flexibility index (Phi) is 3.06. The summed E-state index contributed by atoms with van der Waals surface area (Å²) in [4.78, 5) is 11.1. The van der Waals surface area contributed by atoms with E-state index in [1.807, 2.05) is 18.2 Å². The number of anilines is 1. The SMILES string of the molecule is O=C(O)C1(CNc2ccccc2Cl)CCC1. The van der Waals surface area contributed by atoms with Crippen LogP contribution in [0.3, 0.4) is 0 Å². The minimum absolute atomic E-state index is 0.450. The van der Waals surface area contributed by atoms with Gasteiger partial charge in [-0.25, -0.2) is 0 Å². The van der Waals surface area contributed by atoms with E-state index in [4.69, 9.17) is 16.7 Å². The topological polar surface area (TPSA) is 49.3 Å². The van der Waals surface area contributed by atoms with Crippen molar-refractivity contribution in [3.05, 3.63) is 29.3 Å². The molecular formula is C12H14ClNO2. The van der Waals surface area contributed by atoms with Crippen LogP contribution in [0.4, 0.5) is 5.69 Å². The van der Waals surface area contributed by atoms with Gasteiger partial charge in [0.25, 0.3) is 0 Å². The summed E-state index contributed by atoms with van der Waals surface area (Å²) in [5.74, 6) is -0.710. The molecule has 2 rings (SSSR count). The molecule has 0 heterocycles. The summed E-state index contributed by atoms with van der Waals surface area (Å²) in [5, 5.41) is 12.9. The molecule has 1 aliphatic rings. The van der Waals surface area contributed by atoms with E-state index in [-0.39, 0.29) is 0 Å². The van der Waals surface area contributed by atoms with Crippen molar-refractivity contribution in [1.82, 2.24) is 0 Å². The molecule has 4 heteroatoms. The first-order valence-electron chi connectivity index (χ1n) is 5.36. The first kappa shape index (κ1) is 11.3. The highest BCUT2D eigenvalue weighted by Gasteiger charge is 2.44. The monoisotopic (exact) mass is 239 g/mol. The van der Waals surface area contributed by atoms with Gasteiger partial charge in [0.05, 0.1) is 16.1 Å². The smallest absolute Gasteiger partial charge is 0.311 e. The van der Waals surface area contributed by atoms with Crippen molar-refractivity contribution in [3.8, 4) is 0 Å². The molecule has 0 aromatic heterocycles. The van der Waals surface area contributed by atoms with Crippen LogP contribution in [-0.2, 0) is 4.79 Å². The Morgan fingerprint density at radius 1 is 1.44 bits per heavy atom. The van der Waals surface area contributed by atoms with Gasteiger partial charge in [0.1, 0.15) is 0 Å².